The zero-order valence-electron chi connectivity index (χ0n) is 21.8. The zero-order valence-corrected chi connectivity index (χ0v) is 24.1. The van der Waals surface area contributed by atoms with Crippen molar-refractivity contribution in [2.75, 3.05) is 5.75 Å². The van der Waals surface area contributed by atoms with Gasteiger partial charge in [-0.2, -0.15) is 0 Å². The first-order valence-electron chi connectivity index (χ1n) is 12.3. The molecule has 0 aliphatic heterocycles. The van der Waals surface area contributed by atoms with Gasteiger partial charge >= 0.3 is 0 Å². The van der Waals surface area contributed by atoms with Crippen molar-refractivity contribution in [2.24, 2.45) is 0 Å². The Kier molecular flexibility index (Phi) is 10.9. The van der Waals surface area contributed by atoms with Crippen LogP contribution in [-0.4, -0.2) is 34.6 Å². The van der Waals surface area contributed by atoms with Crippen molar-refractivity contribution in [3.63, 3.8) is 0 Å². The van der Waals surface area contributed by atoms with Gasteiger partial charge in [-0.15, -0.1) is 11.8 Å². The molecule has 2 amide bonds. The molecule has 0 aliphatic carbocycles. The number of thioether (sulfide) groups is 1. The topological polar surface area (TPSA) is 49.4 Å². The SMILES string of the molecule is Cc1cc(C)cc(CSCC(=O)N(Cc2ccc(Cl)cc2Cl)[C@H](Cc2ccccc2)C(=O)NC(C)C)c1. The summed E-state index contributed by atoms with van der Waals surface area (Å²) in [5.74, 6) is 0.667. The minimum atomic E-state index is -0.689. The van der Waals surface area contributed by atoms with Crippen LogP contribution in [0.2, 0.25) is 10.0 Å². The van der Waals surface area contributed by atoms with E-state index in [-0.39, 0.29) is 30.2 Å². The second kappa shape index (κ2) is 13.9. The monoisotopic (exact) mass is 556 g/mol. The summed E-state index contributed by atoms with van der Waals surface area (Å²) in [6.07, 6.45) is 0.401. The molecule has 3 rings (SSSR count). The summed E-state index contributed by atoms with van der Waals surface area (Å²) < 4.78 is 0. The van der Waals surface area contributed by atoms with Crippen molar-refractivity contribution in [1.29, 1.82) is 0 Å². The number of rotatable bonds is 11. The third-order valence-electron chi connectivity index (χ3n) is 5.83. The Morgan fingerprint density at radius 1 is 0.919 bits per heavy atom. The second-order valence-corrected chi connectivity index (χ2v) is 11.4. The van der Waals surface area contributed by atoms with Crippen LogP contribution in [0.25, 0.3) is 0 Å². The highest BCUT2D eigenvalue weighted by atomic mass is 35.5. The maximum atomic E-state index is 13.7. The zero-order chi connectivity index (χ0) is 26.9. The van der Waals surface area contributed by atoms with Gasteiger partial charge in [-0.1, -0.05) is 88.9 Å². The van der Waals surface area contributed by atoms with E-state index in [0.717, 1.165) is 11.1 Å². The molecule has 1 atom stereocenters. The second-order valence-electron chi connectivity index (χ2n) is 9.61. The Hall–Kier alpha value is -2.47. The number of nitrogens with one attached hydrogen (secondary N) is 1. The van der Waals surface area contributed by atoms with Gasteiger partial charge in [0.25, 0.3) is 0 Å². The fraction of sp³-hybridized carbons (Fsp3) is 0.333. The Bertz CT molecular complexity index is 1200. The lowest BCUT2D eigenvalue weighted by Gasteiger charge is -2.32. The van der Waals surface area contributed by atoms with Crippen LogP contribution < -0.4 is 5.32 Å². The molecule has 0 saturated heterocycles. The molecular formula is C30H34Cl2N2O2S. The highest BCUT2D eigenvalue weighted by molar-refractivity contribution is 7.99. The van der Waals surface area contributed by atoms with Crippen LogP contribution in [0.5, 0.6) is 0 Å². The molecule has 0 heterocycles. The molecule has 37 heavy (non-hydrogen) atoms. The van der Waals surface area contributed by atoms with E-state index < -0.39 is 6.04 Å². The average molecular weight is 558 g/mol. The molecule has 0 bridgehead atoms. The fourth-order valence-corrected chi connectivity index (χ4v) is 5.57. The Labute approximate surface area is 234 Å². The van der Waals surface area contributed by atoms with Gasteiger partial charge in [0, 0.05) is 34.8 Å². The predicted octanol–water partition coefficient (Wildman–Crippen LogP) is 7.01. The number of carbonyl (C=O) groups is 2. The van der Waals surface area contributed by atoms with Crippen molar-refractivity contribution in [3.05, 3.63) is 105 Å². The average Bonchev–Trinajstić information content (AvgIpc) is 2.82. The summed E-state index contributed by atoms with van der Waals surface area (Å²) in [6.45, 7) is 8.19. The lowest BCUT2D eigenvalue weighted by molar-refractivity contribution is -0.139. The van der Waals surface area contributed by atoms with Crippen molar-refractivity contribution in [1.82, 2.24) is 10.2 Å². The fourth-order valence-electron chi connectivity index (χ4n) is 4.26. The van der Waals surface area contributed by atoms with Gasteiger partial charge in [0.1, 0.15) is 6.04 Å². The maximum Gasteiger partial charge on any atom is 0.243 e. The molecule has 0 unspecified atom stereocenters. The van der Waals surface area contributed by atoms with Gasteiger partial charge in [0.15, 0.2) is 0 Å². The summed E-state index contributed by atoms with van der Waals surface area (Å²) in [4.78, 5) is 28.8. The Morgan fingerprint density at radius 2 is 1.59 bits per heavy atom. The molecule has 1 N–H and O–H groups in total. The molecule has 0 saturated carbocycles. The summed E-state index contributed by atoms with van der Waals surface area (Å²) in [5.41, 5.74) is 5.31. The smallest absolute Gasteiger partial charge is 0.243 e. The van der Waals surface area contributed by atoms with Gasteiger partial charge in [0.2, 0.25) is 11.8 Å². The van der Waals surface area contributed by atoms with E-state index in [2.05, 4.69) is 37.4 Å². The summed E-state index contributed by atoms with van der Waals surface area (Å²) in [6, 6.07) is 20.7. The number of nitrogens with zero attached hydrogens (tertiary/aromatic N) is 1. The molecule has 3 aromatic carbocycles. The third kappa shape index (κ3) is 9.10. The lowest BCUT2D eigenvalue weighted by Crippen LogP contribution is -2.52. The number of hydrogen-bond acceptors (Lipinski definition) is 3. The van der Waals surface area contributed by atoms with E-state index in [1.165, 1.54) is 16.7 Å². The first-order chi connectivity index (χ1) is 17.6. The molecule has 7 heteroatoms. The van der Waals surface area contributed by atoms with Crippen molar-refractivity contribution in [3.8, 4) is 0 Å². The first-order valence-corrected chi connectivity index (χ1v) is 14.3. The summed E-state index contributed by atoms with van der Waals surface area (Å²) in [7, 11) is 0. The minimum Gasteiger partial charge on any atom is -0.352 e. The van der Waals surface area contributed by atoms with Gasteiger partial charge in [-0.25, -0.2) is 0 Å². The first kappa shape index (κ1) is 29.1. The van der Waals surface area contributed by atoms with Gasteiger partial charge < -0.3 is 10.2 Å². The third-order valence-corrected chi connectivity index (χ3v) is 7.41. The van der Waals surface area contributed by atoms with E-state index in [1.54, 1.807) is 28.8 Å². The van der Waals surface area contributed by atoms with Crippen LogP contribution in [-0.2, 0) is 28.3 Å². The number of carbonyl (C=O) groups excluding carboxylic acids is 2. The van der Waals surface area contributed by atoms with E-state index >= 15 is 0 Å². The number of aryl methyl sites for hydroxylation is 2. The van der Waals surface area contributed by atoms with Crippen molar-refractivity contribution in [2.45, 2.75) is 58.5 Å². The number of amides is 2. The molecule has 196 valence electrons. The number of halogens is 2. The van der Waals surface area contributed by atoms with E-state index in [9.17, 15) is 9.59 Å². The Balaban J connectivity index is 1.88. The van der Waals surface area contributed by atoms with Crippen LogP contribution in [0.4, 0.5) is 0 Å². The van der Waals surface area contributed by atoms with E-state index in [0.29, 0.717) is 22.2 Å². The standard InChI is InChI=1S/C30H34Cl2N2O2S/c1-20(2)33-30(36)28(15-23-8-6-5-7-9-23)34(17-25-10-11-26(31)16-27(25)32)29(35)19-37-18-24-13-21(3)12-22(4)14-24/h5-14,16,20,28H,15,17-19H2,1-4H3,(H,33,36)/t28-/m1/s1. The molecule has 0 spiro atoms. The number of hydrogen-bond donors (Lipinski definition) is 1. The predicted molar refractivity (Wildman–Crippen MR) is 156 cm³/mol. The lowest BCUT2D eigenvalue weighted by atomic mass is 10.0. The van der Waals surface area contributed by atoms with Gasteiger partial charge in [-0.05, 0) is 56.5 Å². The molecule has 0 aliphatic rings. The summed E-state index contributed by atoms with van der Waals surface area (Å²) >= 11 is 14.2. The van der Waals surface area contributed by atoms with Crippen LogP contribution >= 0.6 is 35.0 Å². The van der Waals surface area contributed by atoms with Gasteiger partial charge in [-0.3, -0.25) is 9.59 Å². The number of benzene rings is 3. The Morgan fingerprint density at radius 3 is 2.22 bits per heavy atom. The van der Waals surface area contributed by atoms with Crippen molar-refractivity contribution >= 4 is 46.8 Å². The molecule has 0 aromatic heterocycles. The minimum absolute atomic E-state index is 0.0548. The normalized spacial score (nSPS) is 11.9. The molecule has 3 aromatic rings. The quantitative estimate of drug-likeness (QED) is 0.276. The van der Waals surface area contributed by atoms with Crippen LogP contribution in [0.3, 0.4) is 0 Å². The van der Waals surface area contributed by atoms with Crippen LogP contribution in [0.1, 0.15) is 41.7 Å². The van der Waals surface area contributed by atoms with Crippen LogP contribution in [0.15, 0.2) is 66.7 Å². The highest BCUT2D eigenvalue weighted by Gasteiger charge is 2.31. The molecule has 0 radical (unpaired) electrons. The maximum absolute atomic E-state index is 13.7. The molecule has 0 fully saturated rings. The van der Waals surface area contributed by atoms with Crippen molar-refractivity contribution < 1.29 is 9.59 Å². The molecular weight excluding hydrogens is 523 g/mol. The summed E-state index contributed by atoms with van der Waals surface area (Å²) in [5, 5.41) is 4.00. The van der Waals surface area contributed by atoms with Gasteiger partial charge in [0.05, 0.1) is 5.75 Å². The molecule has 4 nitrogen and oxygen atoms in total. The highest BCUT2D eigenvalue weighted by Crippen LogP contribution is 2.25. The largest absolute Gasteiger partial charge is 0.352 e. The van der Waals surface area contributed by atoms with E-state index in [1.807, 2.05) is 50.2 Å². The van der Waals surface area contributed by atoms with Crippen LogP contribution in [0, 0.1) is 13.8 Å². The van der Waals surface area contributed by atoms with E-state index in [4.69, 9.17) is 23.2 Å².